The minimum Gasteiger partial charge on any atom is -0.507 e. The second-order valence-corrected chi connectivity index (χ2v) is 11.3. The maximum absolute atomic E-state index is 16.3. The first kappa shape index (κ1) is 34.1. The lowest BCUT2D eigenvalue weighted by atomic mass is 9.82. The molecule has 0 heterocycles. The number of phenolic OH excluding ortho intramolecular Hbond substituents is 2. The third-order valence-electron chi connectivity index (χ3n) is 6.65. The van der Waals surface area contributed by atoms with Gasteiger partial charge in [-0.25, -0.2) is 53.5 Å². The Labute approximate surface area is 265 Å². The number of carbonyl (C=O) groups excluding carboxylic acids is 2. The third kappa shape index (κ3) is 4.81. The van der Waals surface area contributed by atoms with E-state index in [4.69, 9.17) is 10.2 Å². The smallest absolute Gasteiger partial charge is 0.341 e. The fourth-order valence-corrected chi connectivity index (χ4v) is 6.65. The Morgan fingerprint density at radius 3 is 0.958 bits per heavy atom. The van der Waals surface area contributed by atoms with Crippen LogP contribution in [0.25, 0.3) is 0 Å². The summed E-state index contributed by atoms with van der Waals surface area (Å²) in [5.41, 5.74) is -10.0. The Bertz CT molecular complexity index is 2010. The van der Waals surface area contributed by atoms with Gasteiger partial charge in [-0.2, -0.15) is 0 Å². The summed E-state index contributed by atoms with van der Waals surface area (Å²) in [5.74, 6) is -36.0. The van der Waals surface area contributed by atoms with Crippen molar-refractivity contribution in [3.8, 4) is 11.5 Å². The molecule has 0 unspecified atom stereocenters. The molecule has 0 spiro atoms. The van der Waals surface area contributed by atoms with Gasteiger partial charge in [-0.3, -0.25) is 9.59 Å². The van der Waals surface area contributed by atoms with Gasteiger partial charge in [0.25, 0.3) is 0 Å². The number of benzene rings is 4. The monoisotopic (exact) mass is 724 g/mol. The van der Waals surface area contributed by atoms with Gasteiger partial charge in [0.2, 0.25) is 11.6 Å². The molecule has 1 aliphatic rings. The molecule has 8 nitrogen and oxygen atoms in total. The molecule has 4 aromatic rings. The average molecular weight is 724 g/mol. The molecule has 0 saturated carbocycles. The van der Waals surface area contributed by atoms with E-state index in [0.717, 1.165) is 0 Å². The number of carbonyl (C=O) groups is 4. The largest absolute Gasteiger partial charge is 0.507 e. The highest BCUT2D eigenvalue weighted by Gasteiger charge is 2.43. The summed E-state index contributed by atoms with van der Waals surface area (Å²) in [6.45, 7) is 0. The van der Waals surface area contributed by atoms with Crippen molar-refractivity contribution in [3.63, 3.8) is 0 Å². The summed E-state index contributed by atoms with van der Waals surface area (Å²) in [5, 5.41) is 38.1. The van der Waals surface area contributed by atoms with Gasteiger partial charge < -0.3 is 20.4 Å². The summed E-state index contributed by atoms with van der Waals surface area (Å²) in [7, 11) is 0. The van der Waals surface area contributed by atoms with Gasteiger partial charge in [0.15, 0.2) is 46.5 Å². The lowest BCUT2D eigenvalue weighted by Gasteiger charge is -2.24. The number of hydrogen-bond donors (Lipinski definition) is 4. The maximum Gasteiger partial charge on any atom is 0.341 e. The van der Waals surface area contributed by atoms with Crippen LogP contribution < -0.4 is 0 Å². The van der Waals surface area contributed by atoms with Gasteiger partial charge in [0.1, 0.15) is 34.3 Å². The molecule has 0 aliphatic heterocycles. The highest BCUT2D eigenvalue weighted by Crippen LogP contribution is 2.50. The zero-order valence-corrected chi connectivity index (χ0v) is 23.8. The van der Waals surface area contributed by atoms with Crippen LogP contribution in [-0.2, 0) is 0 Å². The van der Waals surface area contributed by atoms with Crippen LogP contribution in [0, 0.1) is 58.2 Å². The van der Waals surface area contributed by atoms with E-state index in [9.17, 15) is 64.5 Å². The molecular formula is C28H6F10O8S2. The van der Waals surface area contributed by atoms with E-state index < -0.39 is 170 Å². The molecule has 0 saturated heterocycles. The van der Waals surface area contributed by atoms with Crippen molar-refractivity contribution in [1.82, 2.24) is 0 Å². The minimum atomic E-state index is -2.59. The van der Waals surface area contributed by atoms with Crippen molar-refractivity contribution in [3.05, 3.63) is 104 Å². The Kier molecular flexibility index (Phi) is 8.37. The fraction of sp³-hybridized carbons (Fsp3) is 0. The zero-order chi connectivity index (χ0) is 35.8. The molecule has 4 aromatic carbocycles. The van der Waals surface area contributed by atoms with Crippen molar-refractivity contribution in [2.75, 3.05) is 0 Å². The van der Waals surface area contributed by atoms with E-state index in [2.05, 4.69) is 0 Å². The van der Waals surface area contributed by atoms with Gasteiger partial charge in [0.05, 0.1) is 41.8 Å². The van der Waals surface area contributed by atoms with E-state index in [1.807, 2.05) is 0 Å². The van der Waals surface area contributed by atoms with E-state index in [1.54, 1.807) is 0 Å². The number of carboxylic acid groups (broad SMARTS) is 2. The van der Waals surface area contributed by atoms with E-state index in [0.29, 0.717) is 12.1 Å². The lowest BCUT2D eigenvalue weighted by Crippen LogP contribution is -2.25. The summed E-state index contributed by atoms with van der Waals surface area (Å²) >= 11 is -1.78. The number of aromatic hydroxyl groups is 2. The average Bonchev–Trinajstić information content (AvgIpc) is 3.01. The zero-order valence-electron chi connectivity index (χ0n) is 22.2. The van der Waals surface area contributed by atoms with Gasteiger partial charge >= 0.3 is 11.9 Å². The van der Waals surface area contributed by atoms with Crippen molar-refractivity contribution >= 4 is 47.0 Å². The molecule has 4 N–H and O–H groups in total. The molecule has 0 fully saturated rings. The van der Waals surface area contributed by atoms with Crippen LogP contribution in [0.4, 0.5) is 43.9 Å². The molecule has 5 rings (SSSR count). The van der Waals surface area contributed by atoms with Crippen molar-refractivity contribution in [2.45, 2.75) is 19.6 Å². The van der Waals surface area contributed by atoms with Crippen molar-refractivity contribution < 1.29 is 83.5 Å². The molecule has 1 aliphatic carbocycles. The first-order valence-electron chi connectivity index (χ1n) is 12.1. The summed E-state index contributed by atoms with van der Waals surface area (Å²) in [6.07, 6.45) is 0. The summed E-state index contributed by atoms with van der Waals surface area (Å²) in [4.78, 5) is 41.3. The number of ketones is 2. The van der Waals surface area contributed by atoms with Crippen LogP contribution in [-0.4, -0.2) is 43.9 Å². The molecule has 0 radical (unpaired) electrons. The second-order valence-electron chi connectivity index (χ2n) is 9.28. The van der Waals surface area contributed by atoms with Crippen LogP contribution in [0.1, 0.15) is 52.6 Å². The van der Waals surface area contributed by atoms with Gasteiger partial charge in [-0.1, -0.05) is 23.5 Å². The molecule has 0 amide bonds. The molecule has 0 aromatic heterocycles. The first-order chi connectivity index (χ1) is 22.3. The van der Waals surface area contributed by atoms with Crippen LogP contribution in [0.15, 0.2) is 31.7 Å². The van der Waals surface area contributed by atoms with Crippen LogP contribution in [0.5, 0.6) is 11.5 Å². The SMILES string of the molecule is O=C(O)c1c(F)c(F)c(Sc2c(F)c3c(c(F)c2Sc2c(F)c(F)c(C(=O)O)c(F)c2F)C(=O)c2c(O)ccc(O)c2C3=O)c(F)c1F. The topological polar surface area (TPSA) is 149 Å². The van der Waals surface area contributed by atoms with E-state index >= 15 is 8.78 Å². The highest BCUT2D eigenvalue weighted by molar-refractivity contribution is 8.02. The first-order valence-corrected chi connectivity index (χ1v) is 13.7. The Balaban J connectivity index is 1.89. The fourth-order valence-electron chi connectivity index (χ4n) is 4.53. The Hall–Kier alpha value is -5.24. The van der Waals surface area contributed by atoms with Gasteiger partial charge in [-0.15, -0.1) is 0 Å². The van der Waals surface area contributed by atoms with Gasteiger partial charge in [-0.05, 0) is 12.1 Å². The second kappa shape index (κ2) is 11.8. The normalized spacial score (nSPS) is 12.3. The predicted molar refractivity (Wildman–Crippen MR) is 138 cm³/mol. The number of rotatable bonds is 6. The number of carboxylic acids is 2. The minimum absolute atomic E-state index is 0.633. The van der Waals surface area contributed by atoms with Crippen molar-refractivity contribution in [1.29, 1.82) is 0 Å². The summed E-state index contributed by atoms with van der Waals surface area (Å²) < 4.78 is 150. The Morgan fingerprint density at radius 2 is 0.708 bits per heavy atom. The molecule has 248 valence electrons. The number of fused-ring (bicyclic) bond motifs is 2. The maximum atomic E-state index is 16.3. The standard InChI is InChI=1S/C28H6F10O8S2/c29-11-9(27(43)44)12(30)18(36)23(17(11)35)47-25-15(33)7-8(22(42)6-4(40)2-1-3(39)5(6)21(7)41)16(34)26(25)48-24-19(37)13(31)10(28(45)46)14(32)20(24)38/h1-2,39-40H,(H,43,44)(H,45,46). The predicted octanol–water partition coefficient (Wildman–Crippen LogP) is 6.96. The number of halogens is 10. The highest BCUT2D eigenvalue weighted by atomic mass is 32.2. The van der Waals surface area contributed by atoms with Gasteiger partial charge in [0, 0.05) is 0 Å². The Morgan fingerprint density at radius 1 is 0.438 bits per heavy atom. The molecular weight excluding hydrogens is 718 g/mol. The van der Waals surface area contributed by atoms with Crippen molar-refractivity contribution in [2.24, 2.45) is 0 Å². The molecule has 0 bridgehead atoms. The third-order valence-corrected chi connectivity index (χ3v) is 9.07. The molecule has 20 heteroatoms. The van der Waals surface area contributed by atoms with Crippen LogP contribution in [0.3, 0.4) is 0 Å². The lowest BCUT2D eigenvalue weighted by molar-refractivity contribution is 0.0671. The van der Waals surface area contributed by atoms with E-state index in [1.165, 1.54) is 0 Å². The molecule has 48 heavy (non-hydrogen) atoms. The van der Waals surface area contributed by atoms with E-state index in [-0.39, 0.29) is 0 Å². The van der Waals surface area contributed by atoms with Crippen LogP contribution >= 0.6 is 23.5 Å². The van der Waals surface area contributed by atoms with Crippen LogP contribution in [0.2, 0.25) is 0 Å². The molecule has 0 atom stereocenters. The number of phenols is 2. The summed E-state index contributed by atoms with van der Waals surface area (Å²) in [6, 6.07) is 1.27. The quantitative estimate of drug-likeness (QED) is 0.0823. The number of aromatic carboxylic acids is 2. The number of hydrogen-bond acceptors (Lipinski definition) is 8.